The van der Waals surface area contributed by atoms with E-state index in [-0.39, 0.29) is 125 Å². The fourth-order valence-corrected chi connectivity index (χ4v) is 21.0. The van der Waals surface area contributed by atoms with Gasteiger partial charge in [-0.25, -0.2) is 17.2 Å². The number of aliphatic hydroxyl groups is 1. The number of carbonyl (C=O) groups excluding carboxylic acids is 4. The van der Waals surface area contributed by atoms with Gasteiger partial charge >= 0.3 is 5.76 Å². The van der Waals surface area contributed by atoms with Crippen LogP contribution >= 0.6 is 0 Å². The van der Waals surface area contributed by atoms with E-state index in [2.05, 4.69) is 60.7 Å². The molecular formula is C108H136F4N4O18S. The predicted molar refractivity (Wildman–Crippen MR) is 508 cm³/mol. The van der Waals surface area contributed by atoms with Crippen LogP contribution in [0, 0.1) is 11.6 Å². The molecule has 8 fully saturated rings. The van der Waals surface area contributed by atoms with Crippen LogP contribution in [0.15, 0.2) is 205 Å². The Morgan fingerprint density at radius 3 is 0.963 bits per heavy atom. The molecule has 0 aliphatic carbocycles. The summed E-state index contributed by atoms with van der Waals surface area (Å²) in [4.78, 5) is 59.2. The second-order valence-electron chi connectivity index (χ2n) is 38.0. The molecule has 1 N–H and O–H groups in total. The van der Waals surface area contributed by atoms with E-state index in [1.165, 1.54) is 41.5 Å². The van der Waals surface area contributed by atoms with Gasteiger partial charge in [-0.2, -0.15) is 8.78 Å². The van der Waals surface area contributed by atoms with Crippen LogP contribution in [-0.2, 0) is 54.2 Å². The first-order valence-electron chi connectivity index (χ1n) is 48.2. The molecular weight excluding hydrogens is 1750 g/mol. The van der Waals surface area contributed by atoms with Gasteiger partial charge < -0.3 is 76.8 Å². The number of rotatable bonds is 25. The maximum Gasteiger partial charge on any atom is 0.341 e. The fourth-order valence-electron chi connectivity index (χ4n) is 20.3. The van der Waals surface area contributed by atoms with Gasteiger partial charge in [-0.1, -0.05) is 127 Å². The molecule has 135 heavy (non-hydrogen) atoms. The topological polar surface area (TPSA) is 237 Å². The highest BCUT2D eigenvalue weighted by molar-refractivity contribution is 7.91. The third kappa shape index (κ3) is 27.0. The van der Waals surface area contributed by atoms with Crippen LogP contribution < -0.4 is 14.2 Å². The van der Waals surface area contributed by atoms with E-state index < -0.39 is 37.7 Å². The Hall–Kier alpha value is -9.65. The molecule has 0 aromatic heterocycles. The molecule has 8 aliphatic heterocycles. The Morgan fingerprint density at radius 1 is 0.400 bits per heavy atom. The van der Waals surface area contributed by atoms with E-state index in [9.17, 15) is 50.3 Å². The quantitative estimate of drug-likeness (QED) is 0.0523. The zero-order valence-electron chi connectivity index (χ0n) is 80.0. The van der Waals surface area contributed by atoms with Crippen LogP contribution in [0.5, 0.6) is 17.2 Å². The van der Waals surface area contributed by atoms with Crippen molar-refractivity contribution in [3.05, 3.63) is 262 Å². The summed E-state index contributed by atoms with van der Waals surface area (Å²) in [5, 5.41) is 9.98. The highest BCUT2D eigenvalue weighted by Gasteiger charge is 2.50. The van der Waals surface area contributed by atoms with E-state index >= 15 is 0 Å². The van der Waals surface area contributed by atoms with E-state index in [0.29, 0.717) is 125 Å². The number of alkyl halides is 2. The first-order valence-corrected chi connectivity index (χ1v) is 49.8. The zero-order valence-corrected chi connectivity index (χ0v) is 80.8. The Morgan fingerprint density at radius 2 is 0.681 bits per heavy atom. The molecule has 0 saturated carbocycles. The molecule has 8 aromatic rings. The molecule has 8 aliphatic rings. The highest BCUT2D eigenvalue weighted by Crippen LogP contribution is 2.50. The molecule has 8 unspecified atom stereocenters. The summed E-state index contributed by atoms with van der Waals surface area (Å²) in [5.41, 5.74) is 4.32. The number of ether oxygens (including phenoxy) is 11. The smallest absolute Gasteiger partial charge is 0.341 e. The van der Waals surface area contributed by atoms with Gasteiger partial charge in [-0.05, 0) is 221 Å². The lowest BCUT2D eigenvalue weighted by molar-refractivity contribution is -0.191. The monoisotopic (exact) mass is 1880 g/mol. The number of likely N-dealkylation sites (tertiary alicyclic amines) is 4. The lowest BCUT2D eigenvalue weighted by atomic mass is 9.80. The van der Waals surface area contributed by atoms with E-state index in [4.69, 9.17) is 52.1 Å². The van der Waals surface area contributed by atoms with Gasteiger partial charge in [0.25, 0.3) is 23.6 Å². The molecule has 27 heteroatoms. The maximum atomic E-state index is 14.6. The average molecular weight is 1890 g/mol. The number of sulfone groups is 1. The summed E-state index contributed by atoms with van der Waals surface area (Å²) in [6, 6.07) is 60.2. The SMILES string of the molecule is CCOC1CC(c2ccccc2)OC2(CCN(C(=O)c3ccc(CC(C)(C)O)c(F)c3)CC2)C1.CCOC1CC(c2ccccc2)OC2(CCN(C(=O)c3ccc(OC(C)C)c(F)c3)CC2)C1.CCOC1CC(c2ccccc2)OC2(CCN(C(=O)c3ccc(OC(C)C)c(OC)c3)CC2)C1.CCOC1CC(c2ccccc2)OC2(CCN(C(=O)c3ccc(S(=O)(=O)C(F)F)cc3)CC2)C1. The fraction of sp³-hybridized carbons (Fsp3) is 0.519. The molecule has 0 bridgehead atoms. The molecule has 22 nitrogen and oxygen atoms in total. The Labute approximate surface area is 794 Å². The number of nitrogens with zero attached hydrogens (tertiary/aromatic N) is 4. The summed E-state index contributed by atoms with van der Waals surface area (Å²) >= 11 is 0. The predicted octanol–water partition coefficient (Wildman–Crippen LogP) is 20.6. The van der Waals surface area contributed by atoms with Crippen LogP contribution in [0.2, 0.25) is 0 Å². The average Bonchev–Trinajstić information content (AvgIpc) is 0.784. The van der Waals surface area contributed by atoms with Crippen molar-refractivity contribution in [2.75, 3.05) is 85.9 Å². The number of amides is 4. The van der Waals surface area contributed by atoms with Gasteiger partial charge in [0.1, 0.15) is 5.82 Å². The standard InChI is InChI=1S/C28H36FNO4.C28H37NO5.C27H34FNO4.C25H29F2NO5S/c1-4-33-23-17-25(20-8-6-5-7-9-20)34-28(19-23)12-14-30(15-13-28)26(31)21-10-11-22(24(29)16-21)18-27(2,3)32;1-5-32-23-18-25(21-9-7-6-8-10-21)34-28(19-23)13-15-29(16-14-28)27(30)22-11-12-24(33-20(2)3)26(17-22)31-4;1-4-31-22-17-25(20-8-6-5-7-9-20)33-27(18-22)12-14-29(15-13-27)26(30)21-10-11-24(23(28)16-21)32-19(2)3;1-2-32-20-16-22(18-6-4-3-5-7-18)33-25(17-20)12-14-28(15-13-25)23(29)19-8-10-21(11-9-19)34(30,31)24(26)27/h5-11,16,23,25,32H,4,12-15,17-19H2,1-3H3;6-12,17,20,23,25H,5,13-16,18-19H2,1-4H3;5-11,16,19,22,25H,4,12-15,17-18H2,1-3H3;3-11,20,22,24H,2,12-17H2,1H3. The molecule has 0 radical (unpaired) electrons. The molecule has 730 valence electrons. The number of hydrogen-bond acceptors (Lipinski definition) is 18. The number of carbonyl (C=O) groups is 4. The molecule has 4 spiro atoms. The second-order valence-corrected chi connectivity index (χ2v) is 39.9. The van der Waals surface area contributed by atoms with Crippen molar-refractivity contribution in [1.82, 2.24) is 19.6 Å². The first kappa shape index (κ1) is 103. The highest BCUT2D eigenvalue weighted by atomic mass is 32.2. The number of benzene rings is 8. The molecule has 16 rings (SSSR count). The van der Waals surface area contributed by atoms with Crippen molar-refractivity contribution in [3.8, 4) is 17.2 Å². The van der Waals surface area contributed by atoms with Crippen LogP contribution in [0.4, 0.5) is 17.6 Å². The van der Waals surface area contributed by atoms with Crippen LogP contribution in [0.1, 0.15) is 266 Å². The minimum atomic E-state index is -4.69. The third-order valence-electron chi connectivity index (χ3n) is 26.9. The van der Waals surface area contributed by atoms with Crippen LogP contribution in [-0.4, -0.2) is 213 Å². The van der Waals surface area contributed by atoms with Crippen molar-refractivity contribution >= 4 is 33.5 Å². The molecule has 8 saturated heterocycles. The van der Waals surface area contributed by atoms with E-state index in [1.54, 1.807) is 59.9 Å². The molecule has 4 amide bonds. The molecule has 8 heterocycles. The summed E-state index contributed by atoms with van der Waals surface area (Å²) in [6.45, 7) is 26.2. The Kier molecular flexibility index (Phi) is 35.5. The normalized spacial score (nSPS) is 22.5. The number of methoxy groups -OCH3 is 1. The summed E-state index contributed by atoms with van der Waals surface area (Å²) in [6.07, 6.45) is 13.0. The van der Waals surface area contributed by atoms with Crippen molar-refractivity contribution in [1.29, 1.82) is 0 Å². The van der Waals surface area contributed by atoms with Crippen molar-refractivity contribution in [2.45, 2.75) is 278 Å². The van der Waals surface area contributed by atoms with Gasteiger partial charge in [-0.15, -0.1) is 0 Å². The van der Waals surface area contributed by atoms with E-state index in [0.717, 1.165) is 113 Å². The van der Waals surface area contributed by atoms with Crippen LogP contribution in [0.3, 0.4) is 0 Å². The Bertz CT molecular complexity index is 5260. The third-order valence-corrected chi connectivity index (χ3v) is 28.3. The number of halogens is 4. The van der Waals surface area contributed by atoms with Gasteiger partial charge in [0.2, 0.25) is 9.84 Å². The number of hydrogen-bond donors (Lipinski definition) is 1. The molecule has 8 aromatic carbocycles. The van der Waals surface area contributed by atoms with Crippen molar-refractivity contribution < 1.29 is 102 Å². The summed E-state index contributed by atoms with van der Waals surface area (Å²) < 4.78 is 145. The second kappa shape index (κ2) is 46.7. The summed E-state index contributed by atoms with van der Waals surface area (Å²) in [5.74, 6) is -3.63. The van der Waals surface area contributed by atoms with Crippen LogP contribution in [0.25, 0.3) is 0 Å². The zero-order chi connectivity index (χ0) is 96.2. The lowest BCUT2D eigenvalue weighted by Crippen LogP contribution is -2.52. The van der Waals surface area contributed by atoms with Gasteiger partial charge in [0.15, 0.2) is 23.1 Å². The Balaban J connectivity index is 0.000000152. The minimum Gasteiger partial charge on any atom is -0.493 e. The molecule has 8 atom stereocenters. The lowest BCUT2D eigenvalue weighted by Gasteiger charge is -2.48. The maximum absolute atomic E-state index is 14.6. The van der Waals surface area contributed by atoms with Gasteiger partial charge in [-0.3, -0.25) is 19.2 Å². The van der Waals surface area contributed by atoms with Gasteiger partial charge in [0, 0.05) is 159 Å². The van der Waals surface area contributed by atoms with Crippen molar-refractivity contribution in [2.24, 2.45) is 0 Å². The van der Waals surface area contributed by atoms with Gasteiger partial charge in [0.05, 0.1) is 101 Å². The number of piperidine rings is 4. The van der Waals surface area contributed by atoms with E-state index in [1.807, 2.05) is 133 Å². The summed E-state index contributed by atoms with van der Waals surface area (Å²) in [7, 11) is -3.09. The minimum absolute atomic E-state index is 0.0126. The largest absolute Gasteiger partial charge is 0.493 e. The van der Waals surface area contributed by atoms with Crippen molar-refractivity contribution in [3.63, 3.8) is 0 Å². The first-order chi connectivity index (χ1) is 64.7.